The first-order valence-corrected chi connectivity index (χ1v) is 8.05. The average molecular weight is 275 g/mol. The van der Waals surface area contributed by atoms with Crippen LogP contribution in [0, 0.1) is 0 Å². The Morgan fingerprint density at radius 3 is 2.72 bits per heavy atom. The molecule has 0 radical (unpaired) electrons. The minimum Gasteiger partial charge on any atom is -0.343 e. The van der Waals surface area contributed by atoms with Crippen molar-refractivity contribution in [3.63, 3.8) is 0 Å². The van der Waals surface area contributed by atoms with Crippen LogP contribution in [0.5, 0.6) is 0 Å². The lowest BCUT2D eigenvalue weighted by Crippen LogP contribution is -2.53. The quantitative estimate of drug-likeness (QED) is 0.734. The third kappa shape index (κ3) is 3.21. The van der Waals surface area contributed by atoms with Crippen molar-refractivity contribution in [1.82, 2.24) is 14.5 Å². The number of nitrogens with zero attached hydrogens (tertiary/aromatic N) is 2. The second kappa shape index (κ2) is 5.54. The molecule has 6 nitrogen and oxygen atoms in total. The fourth-order valence-electron chi connectivity index (χ4n) is 2.40. The lowest BCUT2D eigenvalue weighted by molar-refractivity contribution is -0.132. The number of sulfonamides is 1. The van der Waals surface area contributed by atoms with Crippen LogP contribution >= 0.6 is 0 Å². The predicted octanol–water partition coefficient (Wildman–Crippen LogP) is -0.768. The highest BCUT2D eigenvalue weighted by Crippen LogP contribution is 2.13. The molecular weight excluding hydrogens is 254 g/mol. The molecule has 0 aromatic carbocycles. The summed E-state index contributed by atoms with van der Waals surface area (Å²) in [5, 5.41) is 3.23. The molecule has 7 heteroatoms. The Kier molecular flexibility index (Phi) is 4.24. The molecule has 1 amide bonds. The Morgan fingerprint density at radius 2 is 2.11 bits per heavy atom. The molecule has 1 atom stereocenters. The molecule has 2 heterocycles. The molecular formula is C11H21N3O3S. The predicted molar refractivity (Wildman–Crippen MR) is 68.6 cm³/mol. The molecule has 2 rings (SSSR count). The number of piperidine rings is 1. The Bertz CT molecular complexity index is 404. The fraction of sp³-hybridized carbons (Fsp3) is 0.909. The van der Waals surface area contributed by atoms with E-state index in [0.717, 1.165) is 25.8 Å². The maximum atomic E-state index is 12.2. The minimum atomic E-state index is -3.32. The maximum absolute atomic E-state index is 12.2. The summed E-state index contributed by atoms with van der Waals surface area (Å²) in [5.74, 6) is -0.00860. The van der Waals surface area contributed by atoms with Crippen molar-refractivity contribution in [3.8, 4) is 0 Å². The lowest BCUT2D eigenvalue weighted by atomic mass is 10.1. The van der Waals surface area contributed by atoms with Gasteiger partial charge in [0.1, 0.15) is 0 Å². The Morgan fingerprint density at radius 1 is 1.33 bits per heavy atom. The highest BCUT2D eigenvalue weighted by molar-refractivity contribution is 7.89. The van der Waals surface area contributed by atoms with Gasteiger partial charge in [0.15, 0.2) is 0 Å². The van der Waals surface area contributed by atoms with Crippen LogP contribution in [0.25, 0.3) is 0 Å². The standard InChI is InChI=1S/C11H21N3O3S/c1-13-6-7-14(8-11(13)15)18(16,17)9-10-4-2-3-5-12-10/h10,12H,2-9H2,1H3. The van der Waals surface area contributed by atoms with Gasteiger partial charge in [0.05, 0.1) is 12.3 Å². The van der Waals surface area contributed by atoms with Crippen LogP contribution < -0.4 is 5.32 Å². The molecule has 2 aliphatic heterocycles. The monoisotopic (exact) mass is 275 g/mol. The van der Waals surface area contributed by atoms with Gasteiger partial charge in [-0.15, -0.1) is 0 Å². The summed E-state index contributed by atoms with van der Waals surface area (Å²) in [5.41, 5.74) is 0. The van der Waals surface area contributed by atoms with E-state index >= 15 is 0 Å². The Balaban J connectivity index is 1.95. The second-order valence-electron chi connectivity index (χ2n) is 5.07. The summed E-state index contributed by atoms with van der Waals surface area (Å²) in [6.07, 6.45) is 3.10. The summed E-state index contributed by atoms with van der Waals surface area (Å²) >= 11 is 0. The lowest BCUT2D eigenvalue weighted by Gasteiger charge is -2.33. The summed E-state index contributed by atoms with van der Waals surface area (Å²) in [4.78, 5) is 13.1. The third-order valence-electron chi connectivity index (χ3n) is 3.64. The Hall–Kier alpha value is -0.660. The van der Waals surface area contributed by atoms with E-state index in [9.17, 15) is 13.2 Å². The van der Waals surface area contributed by atoms with Crippen molar-refractivity contribution in [2.24, 2.45) is 0 Å². The van der Waals surface area contributed by atoms with E-state index in [1.807, 2.05) is 0 Å². The molecule has 18 heavy (non-hydrogen) atoms. The van der Waals surface area contributed by atoms with E-state index in [2.05, 4.69) is 5.32 Å². The van der Waals surface area contributed by atoms with Gasteiger partial charge in [0.25, 0.3) is 0 Å². The molecule has 0 spiro atoms. The van der Waals surface area contributed by atoms with Crippen LogP contribution in [-0.4, -0.2) is 68.6 Å². The maximum Gasteiger partial charge on any atom is 0.237 e. The SMILES string of the molecule is CN1CCN(S(=O)(=O)CC2CCCCN2)CC1=O. The molecule has 0 aromatic rings. The number of carbonyl (C=O) groups is 1. The molecule has 2 aliphatic rings. The van der Waals surface area contributed by atoms with Crippen LogP contribution in [0.1, 0.15) is 19.3 Å². The van der Waals surface area contributed by atoms with Crippen LogP contribution in [0.3, 0.4) is 0 Å². The number of piperazine rings is 1. The second-order valence-corrected chi connectivity index (χ2v) is 7.09. The molecule has 104 valence electrons. The first-order valence-electron chi connectivity index (χ1n) is 6.44. The van der Waals surface area contributed by atoms with E-state index in [4.69, 9.17) is 0 Å². The fourth-order valence-corrected chi connectivity index (χ4v) is 4.07. The Labute approximate surface area is 108 Å². The van der Waals surface area contributed by atoms with E-state index < -0.39 is 10.0 Å². The smallest absolute Gasteiger partial charge is 0.237 e. The van der Waals surface area contributed by atoms with Crippen molar-refractivity contribution < 1.29 is 13.2 Å². The van der Waals surface area contributed by atoms with Gasteiger partial charge >= 0.3 is 0 Å². The molecule has 0 aliphatic carbocycles. The largest absolute Gasteiger partial charge is 0.343 e. The summed E-state index contributed by atoms with van der Waals surface area (Å²) in [7, 11) is -1.61. The van der Waals surface area contributed by atoms with Crippen molar-refractivity contribution in [2.75, 3.05) is 39.0 Å². The van der Waals surface area contributed by atoms with Crippen molar-refractivity contribution in [2.45, 2.75) is 25.3 Å². The zero-order valence-corrected chi connectivity index (χ0v) is 11.6. The summed E-state index contributed by atoms with van der Waals surface area (Å²) in [6.45, 7) is 1.78. The number of hydrogen-bond donors (Lipinski definition) is 1. The van der Waals surface area contributed by atoms with Gasteiger partial charge in [-0.3, -0.25) is 4.79 Å². The van der Waals surface area contributed by atoms with Crippen molar-refractivity contribution >= 4 is 15.9 Å². The van der Waals surface area contributed by atoms with Crippen LogP contribution in [0.2, 0.25) is 0 Å². The molecule has 0 bridgehead atoms. The molecule has 2 fully saturated rings. The normalized spacial score (nSPS) is 27.5. The number of carbonyl (C=O) groups excluding carboxylic acids is 1. The van der Waals surface area contributed by atoms with Gasteiger partial charge < -0.3 is 10.2 Å². The average Bonchev–Trinajstić information content (AvgIpc) is 2.33. The van der Waals surface area contributed by atoms with Crippen molar-refractivity contribution in [1.29, 1.82) is 0 Å². The highest BCUT2D eigenvalue weighted by Gasteiger charge is 2.32. The number of amides is 1. The first-order chi connectivity index (χ1) is 8.49. The van der Waals surface area contributed by atoms with Crippen LogP contribution in [0.4, 0.5) is 0 Å². The van der Waals surface area contributed by atoms with Gasteiger partial charge in [-0.2, -0.15) is 4.31 Å². The van der Waals surface area contributed by atoms with Gasteiger partial charge in [-0.1, -0.05) is 6.42 Å². The van der Waals surface area contributed by atoms with E-state index in [1.165, 1.54) is 4.31 Å². The van der Waals surface area contributed by atoms with E-state index in [1.54, 1.807) is 11.9 Å². The van der Waals surface area contributed by atoms with Gasteiger partial charge in [-0.25, -0.2) is 8.42 Å². The molecule has 0 saturated carbocycles. The van der Waals surface area contributed by atoms with E-state index in [0.29, 0.717) is 13.1 Å². The molecule has 2 saturated heterocycles. The van der Waals surface area contributed by atoms with Crippen LogP contribution in [0.15, 0.2) is 0 Å². The molecule has 1 N–H and O–H groups in total. The topological polar surface area (TPSA) is 69.7 Å². The summed E-state index contributed by atoms with van der Waals surface area (Å²) in [6, 6.07) is 0.0403. The number of likely N-dealkylation sites (N-methyl/N-ethyl adjacent to an activating group) is 1. The highest BCUT2D eigenvalue weighted by atomic mass is 32.2. The molecule has 1 unspecified atom stereocenters. The molecule has 0 aromatic heterocycles. The van der Waals surface area contributed by atoms with E-state index in [-0.39, 0.29) is 24.2 Å². The summed E-state index contributed by atoms with van der Waals surface area (Å²) < 4.78 is 25.8. The zero-order valence-electron chi connectivity index (χ0n) is 10.8. The zero-order chi connectivity index (χ0) is 13.2. The van der Waals surface area contributed by atoms with Gasteiger partial charge in [0.2, 0.25) is 15.9 Å². The first kappa shape index (κ1) is 13.8. The minimum absolute atomic E-state index is 0.00838. The van der Waals surface area contributed by atoms with Gasteiger partial charge in [0, 0.05) is 26.2 Å². The van der Waals surface area contributed by atoms with Crippen molar-refractivity contribution in [3.05, 3.63) is 0 Å². The van der Waals surface area contributed by atoms with Crippen LogP contribution in [-0.2, 0) is 14.8 Å². The number of rotatable bonds is 3. The number of hydrogen-bond acceptors (Lipinski definition) is 4. The third-order valence-corrected chi connectivity index (χ3v) is 5.56. The van der Waals surface area contributed by atoms with Gasteiger partial charge in [-0.05, 0) is 19.4 Å². The number of nitrogens with one attached hydrogen (secondary N) is 1.